The van der Waals surface area contributed by atoms with E-state index >= 15 is 0 Å². The predicted octanol–water partition coefficient (Wildman–Crippen LogP) is -0.488. The van der Waals surface area contributed by atoms with Crippen LogP contribution >= 0.6 is 11.9 Å². The molecule has 1 amide bonds. The molecule has 0 aromatic carbocycles. The Morgan fingerprint density at radius 3 is 2.27 bits per heavy atom. The number of ketones is 1. The van der Waals surface area contributed by atoms with E-state index in [4.69, 9.17) is 15.9 Å². The second-order valence-electron chi connectivity index (χ2n) is 4.33. The van der Waals surface area contributed by atoms with Crippen LogP contribution in [0, 0.1) is 4.91 Å². The van der Waals surface area contributed by atoms with Crippen molar-refractivity contribution in [3.63, 3.8) is 0 Å². The first kappa shape index (κ1) is 20.0. The second-order valence-corrected chi connectivity index (χ2v) is 5.07. The Morgan fingerprint density at radius 2 is 1.77 bits per heavy atom. The minimum absolute atomic E-state index is 0.115. The van der Waals surface area contributed by atoms with Crippen LogP contribution in [0.25, 0.3) is 0 Å². The highest BCUT2D eigenvalue weighted by Crippen LogP contribution is 2.08. The Bertz CT molecular complexity index is 443. The molecule has 0 bridgehead atoms. The Labute approximate surface area is 129 Å². The maximum absolute atomic E-state index is 11.8. The second kappa shape index (κ2) is 10.7. The SMILES string of the molecule is N[C@@H](CCC(=O)N[C@@H](CSN=O)C(=O)CCC(=O)O)C(=O)O. The zero-order valence-electron chi connectivity index (χ0n) is 11.6. The first-order valence-corrected chi connectivity index (χ1v) is 7.19. The molecule has 0 saturated carbocycles. The van der Waals surface area contributed by atoms with Gasteiger partial charge < -0.3 is 21.3 Å². The fraction of sp³-hybridized carbons (Fsp3) is 0.636. The number of nitrogens with two attached hydrogens (primary N) is 1. The predicted molar refractivity (Wildman–Crippen MR) is 76.9 cm³/mol. The normalized spacial score (nSPS) is 13.0. The maximum Gasteiger partial charge on any atom is 0.320 e. The van der Waals surface area contributed by atoms with Crippen LogP contribution in [0.4, 0.5) is 0 Å². The number of carbonyl (C=O) groups excluding carboxylic acids is 2. The zero-order valence-corrected chi connectivity index (χ0v) is 12.4. The van der Waals surface area contributed by atoms with Gasteiger partial charge in [-0.05, 0) is 6.42 Å². The molecular formula is C11H17N3O7S. The highest BCUT2D eigenvalue weighted by molar-refractivity contribution is 7.97. The molecule has 0 aliphatic rings. The number of carboxylic acids is 2. The molecule has 11 heteroatoms. The van der Waals surface area contributed by atoms with Crippen LogP contribution < -0.4 is 11.1 Å². The Balaban J connectivity index is 4.46. The molecule has 124 valence electrons. The summed E-state index contributed by atoms with van der Waals surface area (Å²) in [5.41, 5.74) is 5.24. The number of nitroso groups, excluding NO2 is 1. The molecule has 0 aliphatic carbocycles. The van der Waals surface area contributed by atoms with Crippen LogP contribution in [0.15, 0.2) is 4.58 Å². The highest BCUT2D eigenvalue weighted by Gasteiger charge is 2.22. The van der Waals surface area contributed by atoms with Crippen LogP contribution in [0.1, 0.15) is 25.7 Å². The fourth-order valence-electron chi connectivity index (χ4n) is 1.40. The Morgan fingerprint density at radius 1 is 1.14 bits per heavy atom. The minimum Gasteiger partial charge on any atom is -0.481 e. The van der Waals surface area contributed by atoms with E-state index in [1.807, 2.05) is 0 Å². The lowest BCUT2D eigenvalue weighted by molar-refractivity contribution is -0.139. The standard InChI is InChI=1S/C11H17N3O7S/c12-6(11(19)20)1-3-9(16)13-7(5-22-14-21)8(15)2-4-10(17)18/h6-7H,1-5,12H2,(H,13,16)(H,17,18)(H,19,20)/t6-,7-/m0/s1. The molecule has 10 nitrogen and oxygen atoms in total. The summed E-state index contributed by atoms with van der Waals surface area (Å²) >= 11 is 0.518. The fourth-order valence-corrected chi connectivity index (χ4v) is 1.88. The summed E-state index contributed by atoms with van der Waals surface area (Å²) in [5, 5.41) is 19.4. The Kier molecular flexibility index (Phi) is 9.70. The third kappa shape index (κ3) is 9.02. The monoisotopic (exact) mass is 335 g/mol. The van der Waals surface area contributed by atoms with Crippen molar-refractivity contribution >= 4 is 35.6 Å². The molecule has 0 radical (unpaired) electrons. The van der Waals surface area contributed by atoms with Gasteiger partial charge in [0.2, 0.25) is 5.91 Å². The average molecular weight is 335 g/mol. The smallest absolute Gasteiger partial charge is 0.320 e. The topological polar surface area (TPSA) is 176 Å². The number of rotatable bonds is 12. The van der Waals surface area contributed by atoms with Crippen LogP contribution in [0.5, 0.6) is 0 Å². The van der Waals surface area contributed by atoms with E-state index in [0.29, 0.717) is 11.9 Å². The number of carboxylic acid groups (broad SMARTS) is 2. The van der Waals surface area contributed by atoms with Crippen molar-refractivity contribution in [1.29, 1.82) is 0 Å². The van der Waals surface area contributed by atoms with Crippen LogP contribution in [-0.2, 0) is 19.2 Å². The third-order valence-electron chi connectivity index (χ3n) is 2.60. The molecule has 0 unspecified atom stereocenters. The van der Waals surface area contributed by atoms with E-state index in [9.17, 15) is 24.1 Å². The molecule has 0 heterocycles. The van der Waals surface area contributed by atoms with E-state index in [2.05, 4.69) is 9.90 Å². The summed E-state index contributed by atoms with van der Waals surface area (Å²) in [6.45, 7) is 0. The number of carbonyl (C=O) groups is 4. The number of nitrogens with zero attached hydrogens (tertiary/aromatic N) is 1. The first-order chi connectivity index (χ1) is 10.3. The minimum atomic E-state index is -1.25. The van der Waals surface area contributed by atoms with E-state index < -0.39 is 42.1 Å². The van der Waals surface area contributed by atoms with Gasteiger partial charge in [0.15, 0.2) is 5.78 Å². The van der Waals surface area contributed by atoms with Gasteiger partial charge in [-0.15, -0.1) is 4.91 Å². The molecule has 0 aromatic rings. The summed E-state index contributed by atoms with van der Waals surface area (Å²) in [4.78, 5) is 54.4. The summed E-state index contributed by atoms with van der Waals surface area (Å²) < 4.78 is 2.51. The summed E-state index contributed by atoms with van der Waals surface area (Å²) in [6, 6.07) is -2.26. The average Bonchev–Trinajstić information content (AvgIpc) is 2.46. The molecular weight excluding hydrogens is 318 g/mol. The van der Waals surface area contributed by atoms with Gasteiger partial charge >= 0.3 is 11.9 Å². The van der Waals surface area contributed by atoms with Gasteiger partial charge in [0.1, 0.15) is 6.04 Å². The van der Waals surface area contributed by atoms with Gasteiger partial charge in [0.25, 0.3) is 0 Å². The number of nitrogens with one attached hydrogen (secondary N) is 1. The summed E-state index contributed by atoms with van der Waals surface area (Å²) in [5.74, 6) is -3.69. The Hall–Kier alpha value is -2.01. The lowest BCUT2D eigenvalue weighted by Gasteiger charge is -2.16. The molecule has 0 spiro atoms. The number of Topliss-reactive ketones (excluding diaryl/α,β-unsaturated/α-hetero) is 1. The molecule has 22 heavy (non-hydrogen) atoms. The van der Waals surface area contributed by atoms with Gasteiger partial charge in [-0.25, -0.2) is 0 Å². The van der Waals surface area contributed by atoms with Crippen molar-refractivity contribution in [2.75, 3.05) is 5.75 Å². The zero-order chi connectivity index (χ0) is 17.1. The molecule has 0 fully saturated rings. The molecule has 5 N–H and O–H groups in total. The van der Waals surface area contributed by atoms with Crippen molar-refractivity contribution in [2.24, 2.45) is 10.3 Å². The van der Waals surface area contributed by atoms with Gasteiger partial charge in [0, 0.05) is 35.1 Å². The van der Waals surface area contributed by atoms with Gasteiger partial charge in [0.05, 0.1) is 12.5 Å². The quantitative estimate of drug-likeness (QED) is 0.271. The highest BCUT2D eigenvalue weighted by atomic mass is 32.2. The molecule has 0 aromatic heterocycles. The largest absolute Gasteiger partial charge is 0.481 e. The number of hydrogen-bond donors (Lipinski definition) is 4. The van der Waals surface area contributed by atoms with Crippen LogP contribution in [0.3, 0.4) is 0 Å². The molecule has 2 atom stereocenters. The number of hydrogen-bond acceptors (Lipinski definition) is 8. The third-order valence-corrected chi connectivity index (χ3v) is 3.19. The van der Waals surface area contributed by atoms with Crippen molar-refractivity contribution in [3.8, 4) is 0 Å². The molecule has 0 aliphatic heterocycles. The summed E-state index contributed by atoms with van der Waals surface area (Å²) in [6.07, 6.45) is -1.02. The maximum atomic E-state index is 11.8. The first-order valence-electron chi connectivity index (χ1n) is 6.24. The van der Waals surface area contributed by atoms with E-state index in [1.165, 1.54) is 0 Å². The number of amides is 1. The van der Waals surface area contributed by atoms with Gasteiger partial charge in [-0.3, -0.25) is 19.2 Å². The van der Waals surface area contributed by atoms with Crippen molar-refractivity contribution in [3.05, 3.63) is 4.91 Å². The number of aliphatic carboxylic acids is 2. The van der Waals surface area contributed by atoms with E-state index in [1.54, 1.807) is 0 Å². The van der Waals surface area contributed by atoms with E-state index in [0.717, 1.165) is 0 Å². The van der Waals surface area contributed by atoms with E-state index in [-0.39, 0.29) is 25.0 Å². The van der Waals surface area contributed by atoms with Crippen molar-refractivity contribution < 1.29 is 29.4 Å². The van der Waals surface area contributed by atoms with Crippen molar-refractivity contribution in [2.45, 2.75) is 37.8 Å². The summed E-state index contributed by atoms with van der Waals surface area (Å²) in [7, 11) is 0. The van der Waals surface area contributed by atoms with Crippen LogP contribution in [0.2, 0.25) is 0 Å². The lowest BCUT2D eigenvalue weighted by atomic mass is 10.1. The molecule has 0 saturated heterocycles. The lowest BCUT2D eigenvalue weighted by Crippen LogP contribution is -2.43. The van der Waals surface area contributed by atoms with Gasteiger partial charge in [-0.2, -0.15) is 0 Å². The molecule has 0 rings (SSSR count). The van der Waals surface area contributed by atoms with Crippen LogP contribution in [-0.4, -0.2) is 51.7 Å². The van der Waals surface area contributed by atoms with Crippen molar-refractivity contribution in [1.82, 2.24) is 5.32 Å². The van der Waals surface area contributed by atoms with Gasteiger partial charge in [-0.1, -0.05) is 0 Å².